The molecule has 2 aromatic rings. The molecule has 0 saturated carbocycles. The molecule has 3 nitrogen and oxygen atoms in total. The Morgan fingerprint density at radius 3 is 2.58 bits per heavy atom. The maximum atomic E-state index is 5.97. The molecule has 0 spiro atoms. The fourth-order valence-corrected chi connectivity index (χ4v) is 2.15. The average molecular weight is 258 g/mol. The van der Waals surface area contributed by atoms with Gasteiger partial charge in [0.1, 0.15) is 12.4 Å². The molecule has 1 heterocycles. The van der Waals surface area contributed by atoms with Gasteiger partial charge < -0.3 is 9.30 Å². The van der Waals surface area contributed by atoms with Gasteiger partial charge in [0.25, 0.3) is 0 Å². The molecule has 1 aromatic carbocycles. The van der Waals surface area contributed by atoms with Gasteiger partial charge in [-0.05, 0) is 31.4 Å². The first-order chi connectivity index (χ1) is 9.09. The summed E-state index contributed by atoms with van der Waals surface area (Å²) < 4.78 is 8.11. The SMILES string of the molecule is CC(C)c1ccccc1OCc1cncn1C(C)C. The van der Waals surface area contributed by atoms with Crippen LogP contribution in [0.4, 0.5) is 0 Å². The number of para-hydroxylation sites is 1. The third-order valence-electron chi connectivity index (χ3n) is 3.22. The number of nitrogens with zero attached hydrogens (tertiary/aromatic N) is 2. The Morgan fingerprint density at radius 2 is 1.89 bits per heavy atom. The van der Waals surface area contributed by atoms with Crippen molar-refractivity contribution in [1.29, 1.82) is 0 Å². The molecule has 1 aromatic heterocycles. The zero-order chi connectivity index (χ0) is 13.8. The second-order valence-electron chi connectivity index (χ2n) is 5.37. The number of rotatable bonds is 5. The zero-order valence-corrected chi connectivity index (χ0v) is 12.1. The van der Waals surface area contributed by atoms with E-state index in [1.54, 1.807) is 0 Å². The third-order valence-corrected chi connectivity index (χ3v) is 3.22. The van der Waals surface area contributed by atoms with E-state index in [4.69, 9.17) is 4.74 Å². The Morgan fingerprint density at radius 1 is 1.16 bits per heavy atom. The van der Waals surface area contributed by atoms with Gasteiger partial charge in [-0.3, -0.25) is 0 Å². The second-order valence-corrected chi connectivity index (χ2v) is 5.37. The Kier molecular flexibility index (Phi) is 4.25. The van der Waals surface area contributed by atoms with Crippen molar-refractivity contribution in [1.82, 2.24) is 9.55 Å². The van der Waals surface area contributed by atoms with E-state index in [-0.39, 0.29) is 0 Å². The van der Waals surface area contributed by atoms with Crippen molar-refractivity contribution in [2.45, 2.75) is 46.3 Å². The maximum Gasteiger partial charge on any atom is 0.130 e. The summed E-state index contributed by atoms with van der Waals surface area (Å²) in [7, 11) is 0. The summed E-state index contributed by atoms with van der Waals surface area (Å²) in [5, 5.41) is 0. The van der Waals surface area contributed by atoms with Crippen LogP contribution in [0.5, 0.6) is 5.75 Å². The predicted octanol–water partition coefficient (Wildman–Crippen LogP) is 4.17. The summed E-state index contributed by atoms with van der Waals surface area (Å²) in [4.78, 5) is 4.20. The van der Waals surface area contributed by atoms with Crippen LogP contribution >= 0.6 is 0 Å². The highest BCUT2D eigenvalue weighted by Gasteiger charge is 2.09. The van der Waals surface area contributed by atoms with Crippen LogP contribution in [0.1, 0.15) is 50.9 Å². The van der Waals surface area contributed by atoms with Crippen LogP contribution in [0.25, 0.3) is 0 Å². The Balaban J connectivity index is 2.13. The molecule has 0 amide bonds. The molecule has 0 unspecified atom stereocenters. The Bertz CT molecular complexity index is 529. The molecule has 2 rings (SSSR count). The lowest BCUT2D eigenvalue weighted by Crippen LogP contribution is -2.08. The molecule has 0 saturated heterocycles. The Hall–Kier alpha value is -1.77. The van der Waals surface area contributed by atoms with Crippen molar-refractivity contribution in [2.75, 3.05) is 0 Å². The average Bonchev–Trinajstić information content (AvgIpc) is 2.85. The third kappa shape index (κ3) is 3.16. The van der Waals surface area contributed by atoms with Crippen molar-refractivity contribution in [3.8, 4) is 5.75 Å². The Labute approximate surface area is 115 Å². The summed E-state index contributed by atoms with van der Waals surface area (Å²) in [6.07, 6.45) is 3.73. The highest BCUT2D eigenvalue weighted by atomic mass is 16.5. The number of imidazole rings is 1. The van der Waals surface area contributed by atoms with Crippen molar-refractivity contribution in [2.24, 2.45) is 0 Å². The molecular weight excluding hydrogens is 236 g/mol. The summed E-state index contributed by atoms with van der Waals surface area (Å²) in [5.41, 5.74) is 2.35. The molecular formula is C16H22N2O. The minimum atomic E-state index is 0.404. The summed E-state index contributed by atoms with van der Waals surface area (Å²) in [6.45, 7) is 9.21. The molecule has 0 atom stereocenters. The quantitative estimate of drug-likeness (QED) is 0.805. The number of hydrogen-bond acceptors (Lipinski definition) is 2. The van der Waals surface area contributed by atoms with Gasteiger partial charge in [0.15, 0.2) is 0 Å². The fourth-order valence-electron chi connectivity index (χ4n) is 2.15. The standard InChI is InChI=1S/C16H22N2O/c1-12(2)15-7-5-6-8-16(15)19-10-14-9-17-11-18(14)13(3)4/h5-9,11-13H,10H2,1-4H3. The van der Waals surface area contributed by atoms with Crippen LogP contribution in [0.15, 0.2) is 36.8 Å². The highest BCUT2D eigenvalue weighted by Crippen LogP contribution is 2.26. The molecule has 0 aliphatic rings. The van der Waals surface area contributed by atoms with E-state index in [1.807, 2.05) is 24.7 Å². The predicted molar refractivity (Wildman–Crippen MR) is 77.5 cm³/mol. The van der Waals surface area contributed by atoms with E-state index in [0.717, 1.165) is 11.4 Å². The molecule has 0 fully saturated rings. The van der Waals surface area contributed by atoms with Gasteiger partial charge in [0, 0.05) is 6.04 Å². The highest BCUT2D eigenvalue weighted by molar-refractivity contribution is 5.35. The van der Waals surface area contributed by atoms with Gasteiger partial charge in [-0.25, -0.2) is 4.98 Å². The van der Waals surface area contributed by atoms with Gasteiger partial charge in [0.05, 0.1) is 18.2 Å². The van der Waals surface area contributed by atoms with Crippen LogP contribution in [0.3, 0.4) is 0 Å². The van der Waals surface area contributed by atoms with E-state index < -0.39 is 0 Å². The maximum absolute atomic E-state index is 5.97. The lowest BCUT2D eigenvalue weighted by atomic mass is 10.0. The second kappa shape index (κ2) is 5.91. The smallest absolute Gasteiger partial charge is 0.130 e. The minimum absolute atomic E-state index is 0.404. The fraction of sp³-hybridized carbons (Fsp3) is 0.438. The molecule has 3 heteroatoms. The molecule has 19 heavy (non-hydrogen) atoms. The van der Waals surface area contributed by atoms with Crippen LogP contribution in [0, 0.1) is 0 Å². The van der Waals surface area contributed by atoms with Crippen molar-refractivity contribution >= 4 is 0 Å². The van der Waals surface area contributed by atoms with Crippen LogP contribution in [0.2, 0.25) is 0 Å². The normalized spacial score (nSPS) is 11.3. The van der Waals surface area contributed by atoms with E-state index >= 15 is 0 Å². The van der Waals surface area contributed by atoms with Crippen LogP contribution in [-0.2, 0) is 6.61 Å². The summed E-state index contributed by atoms with van der Waals surface area (Å²) in [6, 6.07) is 8.63. The van der Waals surface area contributed by atoms with Gasteiger partial charge in [-0.15, -0.1) is 0 Å². The van der Waals surface area contributed by atoms with Gasteiger partial charge in [0.2, 0.25) is 0 Å². The molecule has 0 N–H and O–H groups in total. The first-order valence-electron chi connectivity index (χ1n) is 6.82. The molecule has 0 bridgehead atoms. The zero-order valence-electron chi connectivity index (χ0n) is 12.1. The van der Waals surface area contributed by atoms with Crippen molar-refractivity contribution in [3.05, 3.63) is 48.0 Å². The monoisotopic (exact) mass is 258 g/mol. The van der Waals surface area contributed by atoms with Crippen molar-refractivity contribution < 1.29 is 4.74 Å². The van der Waals surface area contributed by atoms with Gasteiger partial charge in [-0.1, -0.05) is 32.0 Å². The van der Waals surface area contributed by atoms with E-state index in [0.29, 0.717) is 18.6 Å². The minimum Gasteiger partial charge on any atom is -0.487 e. The molecule has 0 aliphatic heterocycles. The van der Waals surface area contributed by atoms with E-state index in [1.165, 1.54) is 5.56 Å². The van der Waals surface area contributed by atoms with Crippen LogP contribution < -0.4 is 4.74 Å². The number of ether oxygens (including phenoxy) is 1. The first kappa shape index (κ1) is 13.7. The summed E-state index contributed by atoms with van der Waals surface area (Å²) in [5.74, 6) is 1.43. The molecule has 102 valence electrons. The van der Waals surface area contributed by atoms with Gasteiger partial charge in [-0.2, -0.15) is 0 Å². The summed E-state index contributed by atoms with van der Waals surface area (Å²) >= 11 is 0. The largest absolute Gasteiger partial charge is 0.487 e. The van der Waals surface area contributed by atoms with E-state index in [9.17, 15) is 0 Å². The first-order valence-corrected chi connectivity index (χ1v) is 6.82. The number of benzene rings is 1. The topological polar surface area (TPSA) is 27.1 Å². The van der Waals surface area contributed by atoms with Crippen molar-refractivity contribution in [3.63, 3.8) is 0 Å². The molecule has 0 aliphatic carbocycles. The molecule has 0 radical (unpaired) electrons. The lowest BCUT2D eigenvalue weighted by molar-refractivity contribution is 0.288. The lowest BCUT2D eigenvalue weighted by Gasteiger charge is -2.16. The number of aromatic nitrogens is 2. The number of hydrogen-bond donors (Lipinski definition) is 0. The van der Waals surface area contributed by atoms with E-state index in [2.05, 4.69) is 49.4 Å². The van der Waals surface area contributed by atoms with Crippen LogP contribution in [-0.4, -0.2) is 9.55 Å². The van der Waals surface area contributed by atoms with Gasteiger partial charge >= 0.3 is 0 Å².